The van der Waals surface area contributed by atoms with Crippen LogP contribution >= 0.6 is 0 Å². The van der Waals surface area contributed by atoms with Crippen LogP contribution in [0.4, 0.5) is 0 Å². The average molecular weight is 413 g/mol. The Labute approximate surface area is 180 Å². The third-order valence-corrected chi connectivity index (χ3v) is 5.97. The summed E-state index contributed by atoms with van der Waals surface area (Å²) in [5.41, 5.74) is 4.77. The largest absolute Gasteiger partial charge is 0.388 e. The van der Waals surface area contributed by atoms with Crippen LogP contribution in [0.3, 0.4) is 0 Å². The number of methoxy groups -OCH3 is 1. The molecule has 2 N–H and O–H groups in total. The van der Waals surface area contributed by atoms with Crippen LogP contribution in [0.25, 0.3) is 33.2 Å². The maximum atomic E-state index is 13.3. The number of likely N-dealkylation sites (tertiary alicyclic amines) is 1. The Morgan fingerprint density at radius 2 is 1.84 bits per heavy atom. The van der Waals surface area contributed by atoms with Gasteiger partial charge in [-0.05, 0) is 40.1 Å². The fourth-order valence-electron chi connectivity index (χ4n) is 4.33. The van der Waals surface area contributed by atoms with E-state index in [1.165, 1.54) is 0 Å². The van der Waals surface area contributed by atoms with Gasteiger partial charge in [0, 0.05) is 37.5 Å². The number of carbonyl (C=O) groups excluding carboxylic acids is 1. The Morgan fingerprint density at radius 3 is 2.58 bits per heavy atom. The fourth-order valence-corrected chi connectivity index (χ4v) is 4.33. The van der Waals surface area contributed by atoms with Crippen LogP contribution in [0.1, 0.15) is 10.4 Å². The van der Waals surface area contributed by atoms with E-state index in [1.54, 1.807) is 18.2 Å². The number of H-pyrrole nitrogens is 1. The first-order valence-electron chi connectivity index (χ1n) is 10.3. The van der Waals surface area contributed by atoms with E-state index >= 15 is 0 Å². The van der Waals surface area contributed by atoms with Gasteiger partial charge < -0.3 is 14.7 Å². The number of β-amino-alcohol motifs (C(OH)–C–C–N with tert-alkyl or cyclic N) is 1. The van der Waals surface area contributed by atoms with Crippen molar-refractivity contribution in [1.82, 2.24) is 15.1 Å². The molecule has 1 saturated heterocycles. The highest BCUT2D eigenvalue weighted by atomic mass is 16.5. The number of rotatable bonds is 4. The van der Waals surface area contributed by atoms with Crippen molar-refractivity contribution in [2.75, 3.05) is 20.2 Å². The van der Waals surface area contributed by atoms with E-state index in [1.807, 2.05) is 54.6 Å². The Balaban J connectivity index is 1.56. The van der Waals surface area contributed by atoms with Crippen LogP contribution in [0, 0.1) is 0 Å². The van der Waals surface area contributed by atoms with Crippen LogP contribution in [0.15, 0.2) is 72.9 Å². The van der Waals surface area contributed by atoms with E-state index in [-0.39, 0.29) is 18.6 Å². The van der Waals surface area contributed by atoms with Crippen molar-refractivity contribution in [3.05, 3.63) is 78.5 Å². The average Bonchev–Trinajstić information content (AvgIpc) is 3.48. The lowest BCUT2D eigenvalue weighted by molar-refractivity contribution is 0.0215. The second-order valence-electron chi connectivity index (χ2n) is 7.81. The molecular weight excluding hydrogens is 390 g/mol. The smallest absolute Gasteiger partial charge is 0.254 e. The topological polar surface area (TPSA) is 78.5 Å². The molecule has 1 aliphatic heterocycles. The minimum atomic E-state index is -0.662. The summed E-state index contributed by atoms with van der Waals surface area (Å²) in [6.07, 6.45) is 0.728. The minimum Gasteiger partial charge on any atom is -0.388 e. The molecule has 6 heteroatoms. The van der Waals surface area contributed by atoms with Crippen LogP contribution in [0.2, 0.25) is 0 Å². The predicted octanol–water partition coefficient (Wildman–Crippen LogP) is 3.73. The number of aliphatic hydroxyl groups is 1. The van der Waals surface area contributed by atoms with Crippen molar-refractivity contribution in [3.63, 3.8) is 0 Å². The summed E-state index contributed by atoms with van der Waals surface area (Å²) in [5.74, 6) is -0.0902. The van der Waals surface area contributed by atoms with Gasteiger partial charge in [-0.1, -0.05) is 48.5 Å². The van der Waals surface area contributed by atoms with Gasteiger partial charge in [-0.2, -0.15) is 5.10 Å². The number of aromatic nitrogens is 2. The fraction of sp³-hybridized carbons (Fsp3) is 0.200. The maximum absolute atomic E-state index is 13.3. The lowest BCUT2D eigenvalue weighted by Gasteiger charge is -2.18. The van der Waals surface area contributed by atoms with Crippen molar-refractivity contribution in [1.29, 1.82) is 0 Å². The van der Waals surface area contributed by atoms with E-state index in [0.29, 0.717) is 12.1 Å². The van der Waals surface area contributed by atoms with Crippen LogP contribution in [0.5, 0.6) is 0 Å². The van der Waals surface area contributed by atoms with Gasteiger partial charge in [-0.25, -0.2) is 0 Å². The number of hydrogen-bond acceptors (Lipinski definition) is 4. The number of aliphatic hydroxyl groups excluding tert-OH is 1. The number of carbonyl (C=O) groups is 1. The predicted molar refractivity (Wildman–Crippen MR) is 120 cm³/mol. The van der Waals surface area contributed by atoms with Gasteiger partial charge in [0.2, 0.25) is 0 Å². The highest BCUT2D eigenvalue weighted by molar-refractivity contribution is 6.11. The monoisotopic (exact) mass is 413 g/mol. The van der Waals surface area contributed by atoms with Gasteiger partial charge in [0.15, 0.2) is 0 Å². The molecule has 6 nitrogen and oxygen atoms in total. The SMILES string of the molecule is CO[C@H]1CN(C(=O)c2ccc(-c3cccc(-c4ccn[nH]4)c3)c3ccccc23)C[C@@H]1O. The first-order chi connectivity index (χ1) is 15.2. The number of ether oxygens (including phenoxy) is 1. The van der Waals surface area contributed by atoms with Crippen LogP contribution < -0.4 is 0 Å². The summed E-state index contributed by atoms with van der Waals surface area (Å²) >= 11 is 0. The van der Waals surface area contributed by atoms with Crippen molar-refractivity contribution >= 4 is 16.7 Å². The van der Waals surface area contributed by atoms with E-state index in [9.17, 15) is 9.90 Å². The number of nitrogens with one attached hydrogen (secondary N) is 1. The quantitative estimate of drug-likeness (QED) is 0.534. The molecule has 0 saturated carbocycles. The molecule has 3 aromatic carbocycles. The molecule has 2 atom stereocenters. The molecule has 1 amide bonds. The molecular formula is C25H23N3O3. The summed E-state index contributed by atoms with van der Waals surface area (Å²) in [4.78, 5) is 14.9. The van der Waals surface area contributed by atoms with E-state index < -0.39 is 6.10 Å². The first-order valence-corrected chi connectivity index (χ1v) is 10.3. The third kappa shape index (κ3) is 3.50. The Kier molecular flexibility index (Phi) is 5.02. The Morgan fingerprint density at radius 1 is 1.03 bits per heavy atom. The number of nitrogens with zero attached hydrogens (tertiary/aromatic N) is 2. The molecule has 0 unspecified atom stereocenters. The first kappa shape index (κ1) is 19.5. The molecule has 5 rings (SSSR count). The summed E-state index contributed by atoms with van der Waals surface area (Å²) < 4.78 is 5.30. The molecule has 1 aromatic heterocycles. The summed E-state index contributed by atoms with van der Waals surface area (Å²) in [7, 11) is 1.56. The van der Waals surface area contributed by atoms with Crippen molar-refractivity contribution < 1.29 is 14.6 Å². The number of amides is 1. The molecule has 0 spiro atoms. The van der Waals surface area contributed by atoms with Gasteiger partial charge in [-0.3, -0.25) is 9.89 Å². The van der Waals surface area contributed by atoms with E-state index in [0.717, 1.165) is 33.2 Å². The van der Waals surface area contributed by atoms with Gasteiger partial charge >= 0.3 is 0 Å². The molecule has 1 aliphatic rings. The number of fused-ring (bicyclic) bond motifs is 1. The zero-order valence-corrected chi connectivity index (χ0v) is 17.2. The molecule has 156 valence electrons. The zero-order chi connectivity index (χ0) is 21.4. The highest BCUT2D eigenvalue weighted by Gasteiger charge is 2.34. The second-order valence-corrected chi connectivity index (χ2v) is 7.81. The Bertz CT molecular complexity index is 1240. The molecule has 2 heterocycles. The van der Waals surface area contributed by atoms with Crippen molar-refractivity contribution in [2.24, 2.45) is 0 Å². The third-order valence-electron chi connectivity index (χ3n) is 5.97. The van der Waals surface area contributed by atoms with Gasteiger partial charge in [0.1, 0.15) is 6.10 Å². The van der Waals surface area contributed by atoms with Crippen molar-refractivity contribution in [2.45, 2.75) is 12.2 Å². The normalized spacial score (nSPS) is 18.6. The molecule has 0 aliphatic carbocycles. The van der Waals surface area contributed by atoms with Crippen molar-refractivity contribution in [3.8, 4) is 22.4 Å². The number of benzene rings is 3. The van der Waals surface area contributed by atoms with Crippen LogP contribution in [-0.4, -0.2) is 58.5 Å². The second kappa shape index (κ2) is 7.98. The summed E-state index contributed by atoms with van der Waals surface area (Å²) in [5, 5.41) is 19.1. The standard InChI is InChI=1S/C25H23N3O3/c1-31-24-15-28(14-23(24)29)25(30)21-10-9-18(19-7-2-3-8-20(19)21)16-5-4-6-17(13-16)22-11-12-26-27-22/h2-13,23-24,29H,14-15H2,1H3,(H,26,27)/t23-,24-/m0/s1. The molecule has 31 heavy (non-hydrogen) atoms. The highest BCUT2D eigenvalue weighted by Crippen LogP contribution is 2.33. The van der Waals surface area contributed by atoms with E-state index in [2.05, 4.69) is 22.3 Å². The molecule has 0 radical (unpaired) electrons. The van der Waals surface area contributed by atoms with E-state index in [4.69, 9.17) is 4.74 Å². The molecule has 1 fully saturated rings. The zero-order valence-electron chi connectivity index (χ0n) is 17.2. The number of aromatic amines is 1. The summed E-state index contributed by atoms with van der Waals surface area (Å²) in [6, 6.07) is 22.0. The van der Waals surface area contributed by atoms with Gasteiger partial charge in [0.25, 0.3) is 5.91 Å². The van der Waals surface area contributed by atoms with Gasteiger partial charge in [0.05, 0.1) is 11.8 Å². The lowest BCUT2D eigenvalue weighted by Crippen LogP contribution is -2.30. The maximum Gasteiger partial charge on any atom is 0.254 e. The minimum absolute atomic E-state index is 0.0902. The molecule has 4 aromatic rings. The van der Waals surface area contributed by atoms with Crippen LogP contribution in [-0.2, 0) is 4.74 Å². The lowest BCUT2D eigenvalue weighted by atomic mass is 9.93. The van der Waals surface area contributed by atoms with Gasteiger partial charge in [-0.15, -0.1) is 0 Å². The molecule has 0 bridgehead atoms. The summed E-state index contributed by atoms with van der Waals surface area (Å²) in [6.45, 7) is 0.665. The number of hydrogen-bond donors (Lipinski definition) is 2. The Hall–Kier alpha value is -3.48.